The number of nitrogens with zero attached hydrogens (tertiary/aromatic N) is 3. The maximum Gasteiger partial charge on any atom is 0.235 e. The highest BCUT2D eigenvalue weighted by Crippen LogP contribution is 2.32. The number of carbonyl (C=O) groups is 1. The number of anilines is 1. The summed E-state index contributed by atoms with van der Waals surface area (Å²) in [6.07, 6.45) is 5.32. The van der Waals surface area contributed by atoms with Crippen molar-refractivity contribution in [2.75, 3.05) is 18.4 Å². The van der Waals surface area contributed by atoms with E-state index in [1.807, 2.05) is 30.3 Å². The van der Waals surface area contributed by atoms with Crippen LogP contribution in [0.15, 0.2) is 73.0 Å². The van der Waals surface area contributed by atoms with Gasteiger partial charge in [-0.25, -0.2) is 18.4 Å². The standard InChI is InChI=1S/C27H26ClN5O4S/c1-2-38(35,36)33-13-7-6-8-18(16-33)32-27-24-22(15-29-26(24)30-17-31-27)25(34)21-12-11-20(14-23(21)28)37-19-9-4-3-5-10-19/h2-5,9-12,14-15,17-18H,1,6-8,13,16H2,(H2,29,30,31,32). The summed E-state index contributed by atoms with van der Waals surface area (Å²) in [5.74, 6) is 1.31. The van der Waals surface area contributed by atoms with Gasteiger partial charge >= 0.3 is 0 Å². The molecule has 11 heteroatoms. The number of hydrogen-bond donors (Lipinski definition) is 2. The van der Waals surface area contributed by atoms with E-state index in [9.17, 15) is 13.2 Å². The Labute approximate surface area is 225 Å². The number of para-hydroxylation sites is 1. The summed E-state index contributed by atoms with van der Waals surface area (Å²) >= 11 is 6.52. The van der Waals surface area contributed by atoms with Crippen molar-refractivity contribution in [3.63, 3.8) is 0 Å². The third kappa shape index (κ3) is 5.42. The third-order valence-electron chi connectivity index (χ3n) is 6.42. The van der Waals surface area contributed by atoms with E-state index in [2.05, 4.69) is 26.8 Å². The molecule has 1 aliphatic rings. The van der Waals surface area contributed by atoms with E-state index in [0.717, 1.165) is 24.7 Å². The van der Waals surface area contributed by atoms with Crippen molar-refractivity contribution in [3.8, 4) is 11.5 Å². The van der Waals surface area contributed by atoms with Crippen molar-refractivity contribution in [2.24, 2.45) is 0 Å². The molecule has 2 N–H and O–H groups in total. The zero-order valence-electron chi connectivity index (χ0n) is 20.4. The smallest absolute Gasteiger partial charge is 0.235 e. The van der Waals surface area contributed by atoms with Gasteiger partial charge in [-0.15, -0.1) is 0 Å². The summed E-state index contributed by atoms with van der Waals surface area (Å²) < 4.78 is 32.1. The van der Waals surface area contributed by atoms with Gasteiger partial charge in [0.2, 0.25) is 10.0 Å². The second-order valence-corrected chi connectivity index (χ2v) is 11.2. The lowest BCUT2D eigenvalue weighted by Gasteiger charge is -2.23. The zero-order chi connectivity index (χ0) is 26.7. The highest BCUT2D eigenvalue weighted by Gasteiger charge is 2.27. The molecule has 0 saturated carbocycles. The van der Waals surface area contributed by atoms with Crippen LogP contribution in [0.5, 0.6) is 11.5 Å². The fourth-order valence-electron chi connectivity index (χ4n) is 4.52. The maximum absolute atomic E-state index is 13.6. The van der Waals surface area contributed by atoms with Gasteiger partial charge < -0.3 is 15.0 Å². The minimum Gasteiger partial charge on any atom is -0.457 e. The fraction of sp³-hybridized carbons (Fsp3) is 0.222. The van der Waals surface area contributed by atoms with Crippen LogP contribution < -0.4 is 10.1 Å². The van der Waals surface area contributed by atoms with Crippen molar-refractivity contribution in [2.45, 2.75) is 25.3 Å². The van der Waals surface area contributed by atoms with Gasteiger partial charge in [-0.2, -0.15) is 4.31 Å². The van der Waals surface area contributed by atoms with Crippen LogP contribution in [-0.2, 0) is 10.0 Å². The molecule has 2 aromatic heterocycles. The number of sulfonamides is 1. The predicted molar refractivity (Wildman–Crippen MR) is 147 cm³/mol. The molecule has 4 aromatic rings. The number of ether oxygens (including phenoxy) is 1. The second kappa shape index (κ2) is 10.9. The normalized spacial score (nSPS) is 16.6. The number of hydrogen-bond acceptors (Lipinski definition) is 7. The number of ketones is 1. The Balaban J connectivity index is 1.42. The van der Waals surface area contributed by atoms with Gasteiger partial charge in [-0.1, -0.05) is 42.8 Å². The van der Waals surface area contributed by atoms with Crippen LogP contribution in [0.3, 0.4) is 0 Å². The molecular weight excluding hydrogens is 526 g/mol. The Kier molecular flexibility index (Phi) is 7.46. The summed E-state index contributed by atoms with van der Waals surface area (Å²) in [6, 6.07) is 14.0. The maximum atomic E-state index is 13.6. The minimum atomic E-state index is -3.55. The molecule has 196 valence electrons. The first kappa shape index (κ1) is 25.9. The number of nitrogens with one attached hydrogen (secondary N) is 2. The van der Waals surface area contributed by atoms with Crippen LogP contribution in [0.25, 0.3) is 11.0 Å². The van der Waals surface area contributed by atoms with Gasteiger partial charge in [0.1, 0.15) is 29.3 Å². The molecule has 0 aliphatic carbocycles. The number of rotatable bonds is 8. The summed E-state index contributed by atoms with van der Waals surface area (Å²) in [5, 5.41) is 5.09. The van der Waals surface area contributed by atoms with Gasteiger partial charge in [0.05, 0.1) is 16.0 Å². The van der Waals surface area contributed by atoms with Crippen molar-refractivity contribution in [3.05, 3.63) is 89.2 Å². The summed E-state index contributed by atoms with van der Waals surface area (Å²) in [7, 11) is -3.55. The molecule has 2 aromatic carbocycles. The van der Waals surface area contributed by atoms with Gasteiger partial charge in [-0.3, -0.25) is 4.79 Å². The van der Waals surface area contributed by atoms with Gasteiger partial charge in [0, 0.05) is 42.4 Å². The third-order valence-corrected chi connectivity index (χ3v) is 8.21. The first-order valence-corrected chi connectivity index (χ1v) is 14.0. The summed E-state index contributed by atoms with van der Waals surface area (Å²) in [6.45, 7) is 4.14. The van der Waals surface area contributed by atoms with Crippen molar-refractivity contribution in [1.29, 1.82) is 0 Å². The first-order valence-electron chi connectivity index (χ1n) is 12.1. The molecule has 38 heavy (non-hydrogen) atoms. The lowest BCUT2D eigenvalue weighted by atomic mass is 10.0. The molecule has 0 spiro atoms. The highest BCUT2D eigenvalue weighted by atomic mass is 35.5. The van der Waals surface area contributed by atoms with E-state index in [1.165, 1.54) is 10.6 Å². The van der Waals surface area contributed by atoms with E-state index in [4.69, 9.17) is 16.3 Å². The van der Waals surface area contributed by atoms with Crippen LogP contribution in [0.2, 0.25) is 5.02 Å². The minimum absolute atomic E-state index is 0.207. The Hall–Kier alpha value is -3.73. The molecule has 0 bridgehead atoms. The van der Waals surface area contributed by atoms with Crippen molar-refractivity contribution in [1.82, 2.24) is 19.3 Å². The molecule has 0 radical (unpaired) electrons. The highest BCUT2D eigenvalue weighted by molar-refractivity contribution is 7.92. The average molecular weight is 552 g/mol. The zero-order valence-corrected chi connectivity index (χ0v) is 22.0. The summed E-state index contributed by atoms with van der Waals surface area (Å²) in [4.78, 5) is 25.3. The Morgan fingerprint density at radius 3 is 2.71 bits per heavy atom. The number of aromatic nitrogens is 3. The Morgan fingerprint density at radius 1 is 1.13 bits per heavy atom. The SMILES string of the molecule is C=CS(=O)(=O)N1CCCCC(Nc2ncnc3[nH]cc(C(=O)c4ccc(Oc5ccccc5)cc4Cl)c23)C1. The molecule has 1 atom stereocenters. The van der Waals surface area contributed by atoms with Crippen LogP contribution in [0.1, 0.15) is 35.2 Å². The molecule has 1 unspecified atom stereocenters. The van der Waals surface area contributed by atoms with Gasteiger partial charge in [0.25, 0.3) is 0 Å². The van der Waals surface area contributed by atoms with E-state index < -0.39 is 10.0 Å². The topological polar surface area (TPSA) is 117 Å². The van der Waals surface area contributed by atoms with E-state index in [-0.39, 0.29) is 23.4 Å². The Bertz CT molecular complexity index is 1590. The predicted octanol–water partition coefficient (Wildman–Crippen LogP) is 5.37. The number of benzene rings is 2. The fourth-order valence-corrected chi connectivity index (χ4v) is 5.76. The number of H-pyrrole nitrogens is 1. The van der Waals surface area contributed by atoms with E-state index in [1.54, 1.807) is 24.4 Å². The van der Waals surface area contributed by atoms with E-state index >= 15 is 0 Å². The Morgan fingerprint density at radius 2 is 1.95 bits per heavy atom. The van der Waals surface area contributed by atoms with Crippen LogP contribution in [0.4, 0.5) is 5.82 Å². The number of halogens is 1. The molecular formula is C27H26ClN5O4S. The summed E-state index contributed by atoms with van der Waals surface area (Å²) in [5.41, 5.74) is 1.14. The van der Waals surface area contributed by atoms with Crippen molar-refractivity contribution >= 4 is 44.3 Å². The average Bonchev–Trinajstić information content (AvgIpc) is 3.21. The van der Waals surface area contributed by atoms with Crippen LogP contribution >= 0.6 is 11.6 Å². The quantitative estimate of drug-likeness (QED) is 0.282. The molecule has 1 saturated heterocycles. The molecule has 1 aliphatic heterocycles. The van der Waals surface area contributed by atoms with Crippen LogP contribution in [0, 0.1) is 0 Å². The second-order valence-electron chi connectivity index (χ2n) is 8.94. The largest absolute Gasteiger partial charge is 0.457 e. The molecule has 3 heterocycles. The molecule has 5 rings (SSSR count). The monoisotopic (exact) mass is 551 g/mol. The van der Waals surface area contributed by atoms with E-state index in [0.29, 0.717) is 46.0 Å². The first-order chi connectivity index (χ1) is 18.4. The molecule has 0 amide bonds. The molecule has 1 fully saturated rings. The van der Waals surface area contributed by atoms with Gasteiger partial charge in [0.15, 0.2) is 5.78 Å². The lowest BCUT2D eigenvalue weighted by Crippen LogP contribution is -2.38. The molecule has 9 nitrogen and oxygen atoms in total. The number of aromatic amines is 1. The van der Waals surface area contributed by atoms with Crippen LogP contribution in [-0.4, -0.2) is 52.6 Å². The lowest BCUT2D eigenvalue weighted by molar-refractivity contribution is 0.104. The number of carbonyl (C=O) groups excluding carboxylic acids is 1. The van der Waals surface area contributed by atoms with Gasteiger partial charge in [-0.05, 0) is 37.1 Å². The van der Waals surface area contributed by atoms with Crippen molar-refractivity contribution < 1.29 is 17.9 Å². The number of fused-ring (bicyclic) bond motifs is 1.